The number of amides is 1. The summed E-state index contributed by atoms with van der Waals surface area (Å²) in [4.78, 5) is 18.4. The standard InChI is InChI=1S/C14H20ClN3O2/c1-3-16-13-11(15)6-10(7-17-13)14(20)18-5-4-9(2)12(18)8-19/h6-7,9,12,19H,3-5,8H2,1-2H3,(H,16,17). The highest BCUT2D eigenvalue weighted by Gasteiger charge is 2.34. The number of carbonyl (C=O) groups is 1. The topological polar surface area (TPSA) is 65.5 Å². The number of halogens is 1. The zero-order valence-electron chi connectivity index (χ0n) is 11.8. The lowest BCUT2D eigenvalue weighted by atomic mass is 10.0. The average molecular weight is 298 g/mol. The molecule has 5 nitrogen and oxygen atoms in total. The molecular weight excluding hydrogens is 278 g/mol. The Balaban J connectivity index is 2.19. The molecule has 20 heavy (non-hydrogen) atoms. The molecule has 2 heterocycles. The van der Waals surface area contributed by atoms with E-state index in [0.717, 1.165) is 13.0 Å². The van der Waals surface area contributed by atoms with Gasteiger partial charge in [-0.3, -0.25) is 4.79 Å². The summed E-state index contributed by atoms with van der Waals surface area (Å²) in [5.74, 6) is 0.776. The van der Waals surface area contributed by atoms with Crippen LogP contribution >= 0.6 is 11.6 Å². The summed E-state index contributed by atoms with van der Waals surface area (Å²) in [7, 11) is 0. The van der Waals surface area contributed by atoms with E-state index >= 15 is 0 Å². The van der Waals surface area contributed by atoms with Crippen molar-refractivity contribution in [2.24, 2.45) is 5.92 Å². The maximum absolute atomic E-state index is 12.5. The molecule has 6 heteroatoms. The fourth-order valence-corrected chi connectivity index (χ4v) is 2.79. The van der Waals surface area contributed by atoms with E-state index < -0.39 is 0 Å². The minimum atomic E-state index is -0.120. The van der Waals surface area contributed by atoms with E-state index in [1.165, 1.54) is 6.20 Å². The van der Waals surface area contributed by atoms with Crippen LogP contribution in [-0.4, -0.2) is 46.6 Å². The molecule has 1 aromatic heterocycles. The highest BCUT2D eigenvalue weighted by Crippen LogP contribution is 2.27. The molecule has 1 amide bonds. The first kappa shape index (κ1) is 15.1. The smallest absolute Gasteiger partial charge is 0.255 e. The van der Waals surface area contributed by atoms with Crippen molar-refractivity contribution in [2.75, 3.05) is 25.0 Å². The molecule has 0 aliphatic carbocycles. The number of pyridine rings is 1. The number of aromatic nitrogens is 1. The van der Waals surface area contributed by atoms with E-state index in [2.05, 4.69) is 10.3 Å². The number of nitrogens with zero attached hydrogens (tertiary/aromatic N) is 2. The van der Waals surface area contributed by atoms with Gasteiger partial charge in [0.1, 0.15) is 5.82 Å². The van der Waals surface area contributed by atoms with Crippen molar-refractivity contribution < 1.29 is 9.90 Å². The molecule has 110 valence electrons. The monoisotopic (exact) mass is 297 g/mol. The van der Waals surface area contributed by atoms with E-state index in [1.807, 2.05) is 13.8 Å². The Morgan fingerprint density at radius 2 is 2.40 bits per heavy atom. The summed E-state index contributed by atoms with van der Waals surface area (Å²) in [6, 6.07) is 1.52. The molecule has 0 radical (unpaired) electrons. The van der Waals surface area contributed by atoms with Crippen molar-refractivity contribution in [1.29, 1.82) is 0 Å². The molecule has 2 atom stereocenters. The average Bonchev–Trinajstić information content (AvgIpc) is 2.81. The zero-order valence-corrected chi connectivity index (χ0v) is 12.5. The minimum Gasteiger partial charge on any atom is -0.394 e. The molecule has 2 unspecified atom stereocenters. The van der Waals surface area contributed by atoms with Gasteiger partial charge < -0.3 is 15.3 Å². The van der Waals surface area contributed by atoms with Gasteiger partial charge in [-0.1, -0.05) is 18.5 Å². The largest absolute Gasteiger partial charge is 0.394 e. The van der Waals surface area contributed by atoms with Gasteiger partial charge in [-0.2, -0.15) is 0 Å². The fraction of sp³-hybridized carbons (Fsp3) is 0.571. The number of aliphatic hydroxyl groups excluding tert-OH is 1. The van der Waals surface area contributed by atoms with Crippen molar-refractivity contribution in [3.63, 3.8) is 0 Å². The van der Waals surface area contributed by atoms with Gasteiger partial charge in [0.05, 0.1) is 23.2 Å². The van der Waals surface area contributed by atoms with Crippen molar-refractivity contribution in [2.45, 2.75) is 26.3 Å². The van der Waals surface area contributed by atoms with E-state index in [1.54, 1.807) is 11.0 Å². The Labute approximate surface area is 123 Å². The molecule has 0 saturated carbocycles. The van der Waals surface area contributed by atoms with Crippen LogP contribution in [0.2, 0.25) is 5.02 Å². The SMILES string of the molecule is CCNc1ncc(C(=O)N2CCC(C)C2CO)cc1Cl. The van der Waals surface area contributed by atoms with Gasteiger partial charge in [-0.05, 0) is 25.3 Å². The number of carbonyl (C=O) groups excluding carboxylic acids is 1. The lowest BCUT2D eigenvalue weighted by Crippen LogP contribution is -2.39. The summed E-state index contributed by atoms with van der Waals surface area (Å²) >= 11 is 6.11. The minimum absolute atomic E-state index is 0.0104. The fourth-order valence-electron chi connectivity index (χ4n) is 2.56. The molecule has 0 spiro atoms. The van der Waals surface area contributed by atoms with Gasteiger partial charge in [-0.25, -0.2) is 4.98 Å². The molecule has 0 bridgehead atoms. The van der Waals surface area contributed by atoms with Gasteiger partial charge in [0.2, 0.25) is 0 Å². The first-order valence-electron chi connectivity index (χ1n) is 6.89. The molecule has 2 N–H and O–H groups in total. The van der Waals surface area contributed by atoms with Crippen molar-refractivity contribution in [3.05, 3.63) is 22.8 Å². The number of hydrogen-bond acceptors (Lipinski definition) is 4. The van der Waals surface area contributed by atoms with Gasteiger partial charge in [0, 0.05) is 19.3 Å². The molecule has 2 rings (SSSR count). The molecule has 1 fully saturated rings. The summed E-state index contributed by atoms with van der Waals surface area (Å²) < 4.78 is 0. The maximum Gasteiger partial charge on any atom is 0.255 e. The lowest BCUT2D eigenvalue weighted by molar-refractivity contribution is 0.0648. The second-order valence-corrected chi connectivity index (χ2v) is 5.51. The van der Waals surface area contributed by atoms with Gasteiger partial charge in [0.15, 0.2) is 0 Å². The van der Waals surface area contributed by atoms with Crippen LogP contribution in [0.15, 0.2) is 12.3 Å². The van der Waals surface area contributed by atoms with Crippen molar-refractivity contribution >= 4 is 23.3 Å². The first-order valence-corrected chi connectivity index (χ1v) is 7.27. The predicted octanol–water partition coefficient (Wildman–Crippen LogP) is 2.01. The van der Waals surface area contributed by atoms with Crippen LogP contribution in [0.5, 0.6) is 0 Å². The van der Waals surface area contributed by atoms with Crippen LogP contribution < -0.4 is 5.32 Å². The van der Waals surface area contributed by atoms with Gasteiger partial charge in [-0.15, -0.1) is 0 Å². The highest BCUT2D eigenvalue weighted by molar-refractivity contribution is 6.33. The molecule has 1 aromatic rings. The maximum atomic E-state index is 12.5. The third-order valence-electron chi connectivity index (χ3n) is 3.76. The number of nitrogens with one attached hydrogen (secondary N) is 1. The molecule has 0 aromatic carbocycles. The van der Waals surface area contributed by atoms with Crippen LogP contribution in [-0.2, 0) is 0 Å². The molecule has 1 saturated heterocycles. The third kappa shape index (κ3) is 2.88. The summed E-state index contributed by atoms with van der Waals surface area (Å²) in [6.07, 6.45) is 2.44. The number of anilines is 1. The van der Waals surface area contributed by atoms with Gasteiger partial charge in [0.25, 0.3) is 5.91 Å². The quantitative estimate of drug-likeness (QED) is 0.892. The van der Waals surface area contributed by atoms with Crippen molar-refractivity contribution in [3.8, 4) is 0 Å². The van der Waals surface area contributed by atoms with Crippen LogP contribution in [0.25, 0.3) is 0 Å². The predicted molar refractivity (Wildman–Crippen MR) is 79.1 cm³/mol. The van der Waals surface area contributed by atoms with E-state index in [0.29, 0.717) is 28.9 Å². The number of rotatable bonds is 4. The Morgan fingerprint density at radius 1 is 1.65 bits per heavy atom. The molecule has 1 aliphatic rings. The summed E-state index contributed by atoms with van der Waals surface area (Å²) in [5.41, 5.74) is 0.462. The van der Waals surface area contributed by atoms with E-state index in [4.69, 9.17) is 11.6 Å². The summed E-state index contributed by atoms with van der Waals surface area (Å²) in [5, 5.41) is 12.9. The zero-order chi connectivity index (χ0) is 14.7. The lowest BCUT2D eigenvalue weighted by Gasteiger charge is -2.25. The first-order chi connectivity index (χ1) is 9.58. The normalized spacial score (nSPS) is 22.1. The van der Waals surface area contributed by atoms with Crippen LogP contribution in [0, 0.1) is 5.92 Å². The van der Waals surface area contributed by atoms with Crippen LogP contribution in [0.4, 0.5) is 5.82 Å². The number of hydrogen-bond donors (Lipinski definition) is 2. The van der Waals surface area contributed by atoms with E-state index in [9.17, 15) is 9.90 Å². The number of aliphatic hydroxyl groups is 1. The van der Waals surface area contributed by atoms with Crippen LogP contribution in [0.1, 0.15) is 30.6 Å². The second-order valence-electron chi connectivity index (χ2n) is 5.10. The molecular formula is C14H20ClN3O2. The Kier molecular flexibility index (Phi) is 4.83. The molecule has 1 aliphatic heterocycles. The van der Waals surface area contributed by atoms with E-state index in [-0.39, 0.29) is 18.6 Å². The second kappa shape index (κ2) is 6.41. The number of likely N-dealkylation sites (tertiary alicyclic amines) is 1. The Hall–Kier alpha value is -1.33. The third-order valence-corrected chi connectivity index (χ3v) is 4.05. The van der Waals surface area contributed by atoms with Crippen molar-refractivity contribution in [1.82, 2.24) is 9.88 Å². The summed E-state index contributed by atoms with van der Waals surface area (Å²) in [6.45, 7) is 5.37. The van der Waals surface area contributed by atoms with Gasteiger partial charge >= 0.3 is 0 Å². The van der Waals surface area contributed by atoms with Crippen LogP contribution in [0.3, 0.4) is 0 Å². The highest BCUT2D eigenvalue weighted by atomic mass is 35.5. The Morgan fingerprint density at radius 3 is 3.00 bits per heavy atom. The Bertz CT molecular complexity index is 495.